The van der Waals surface area contributed by atoms with E-state index in [1.54, 1.807) is 18.2 Å². The largest absolute Gasteiger partial charge is 0.494 e. The molecule has 0 aliphatic rings. The summed E-state index contributed by atoms with van der Waals surface area (Å²) < 4.78 is 10.0. The number of alkyl halides is 1. The molecule has 3 nitrogen and oxygen atoms in total. The van der Waals surface area contributed by atoms with Crippen LogP contribution in [0.1, 0.15) is 24.3 Å². The highest BCUT2D eigenvalue weighted by Crippen LogP contribution is 2.25. The standard InChI is InChI=1S/C12H15ClO3/c1-3-7-16-10-6-4-5-9(8-10)11(13)12(14)15-2/h4-6,8,11H,3,7H2,1-2H3. The van der Waals surface area contributed by atoms with Crippen molar-refractivity contribution in [2.75, 3.05) is 13.7 Å². The van der Waals surface area contributed by atoms with E-state index in [1.165, 1.54) is 7.11 Å². The van der Waals surface area contributed by atoms with E-state index in [-0.39, 0.29) is 0 Å². The number of benzene rings is 1. The Hall–Kier alpha value is -1.22. The van der Waals surface area contributed by atoms with Crippen molar-refractivity contribution in [1.29, 1.82) is 0 Å². The fourth-order valence-electron chi connectivity index (χ4n) is 1.22. The second kappa shape index (κ2) is 6.38. The van der Waals surface area contributed by atoms with Gasteiger partial charge in [-0.1, -0.05) is 19.1 Å². The molecule has 0 aliphatic carbocycles. The fraction of sp³-hybridized carbons (Fsp3) is 0.417. The van der Waals surface area contributed by atoms with E-state index in [4.69, 9.17) is 16.3 Å². The van der Waals surface area contributed by atoms with Crippen LogP contribution in [-0.2, 0) is 9.53 Å². The highest BCUT2D eigenvalue weighted by molar-refractivity contribution is 6.29. The number of halogens is 1. The van der Waals surface area contributed by atoms with Crippen molar-refractivity contribution < 1.29 is 14.3 Å². The monoisotopic (exact) mass is 242 g/mol. The highest BCUT2D eigenvalue weighted by Gasteiger charge is 2.18. The van der Waals surface area contributed by atoms with Crippen LogP contribution in [0.2, 0.25) is 0 Å². The lowest BCUT2D eigenvalue weighted by Gasteiger charge is -2.10. The number of esters is 1. The Bertz CT molecular complexity index is 352. The quantitative estimate of drug-likeness (QED) is 0.588. The Kier molecular flexibility index (Phi) is 5.12. The molecular formula is C12H15ClO3. The molecule has 0 heterocycles. The van der Waals surface area contributed by atoms with E-state index < -0.39 is 11.3 Å². The predicted molar refractivity (Wildman–Crippen MR) is 62.8 cm³/mol. The molecule has 88 valence electrons. The van der Waals surface area contributed by atoms with Gasteiger partial charge in [-0.3, -0.25) is 4.79 Å². The van der Waals surface area contributed by atoms with Gasteiger partial charge >= 0.3 is 5.97 Å². The first kappa shape index (κ1) is 12.8. The normalized spacial score (nSPS) is 11.9. The molecule has 0 bridgehead atoms. The molecule has 0 radical (unpaired) electrons. The summed E-state index contributed by atoms with van der Waals surface area (Å²) in [4.78, 5) is 11.2. The van der Waals surface area contributed by atoms with Crippen LogP contribution in [0.15, 0.2) is 24.3 Å². The van der Waals surface area contributed by atoms with Crippen LogP contribution >= 0.6 is 11.6 Å². The third-order valence-electron chi connectivity index (χ3n) is 2.03. The minimum atomic E-state index is -0.782. The minimum absolute atomic E-state index is 0.464. The molecule has 0 saturated heterocycles. The summed E-state index contributed by atoms with van der Waals surface area (Å²) in [6.45, 7) is 2.68. The third kappa shape index (κ3) is 3.42. The Balaban J connectivity index is 2.77. The van der Waals surface area contributed by atoms with Gasteiger partial charge in [-0.15, -0.1) is 11.6 Å². The molecule has 0 amide bonds. The van der Waals surface area contributed by atoms with Gasteiger partial charge < -0.3 is 9.47 Å². The van der Waals surface area contributed by atoms with Crippen molar-refractivity contribution >= 4 is 17.6 Å². The van der Waals surface area contributed by atoms with Gasteiger partial charge in [0.1, 0.15) is 5.75 Å². The fourth-order valence-corrected chi connectivity index (χ4v) is 1.45. The number of methoxy groups -OCH3 is 1. The molecule has 4 heteroatoms. The highest BCUT2D eigenvalue weighted by atomic mass is 35.5. The number of carbonyl (C=O) groups is 1. The molecule has 0 aromatic heterocycles. The molecule has 16 heavy (non-hydrogen) atoms. The summed E-state index contributed by atoms with van der Waals surface area (Å²) in [7, 11) is 1.31. The average Bonchev–Trinajstić information content (AvgIpc) is 2.34. The molecule has 1 atom stereocenters. The van der Waals surface area contributed by atoms with Gasteiger partial charge in [0.05, 0.1) is 13.7 Å². The van der Waals surface area contributed by atoms with Gasteiger partial charge in [0.15, 0.2) is 5.38 Å². The molecule has 1 aromatic rings. The lowest BCUT2D eigenvalue weighted by molar-refractivity contribution is -0.140. The van der Waals surface area contributed by atoms with Crippen molar-refractivity contribution in [1.82, 2.24) is 0 Å². The van der Waals surface area contributed by atoms with Crippen LogP contribution in [0.3, 0.4) is 0 Å². The number of hydrogen-bond donors (Lipinski definition) is 0. The van der Waals surface area contributed by atoms with Gasteiger partial charge in [-0.25, -0.2) is 0 Å². The molecule has 1 unspecified atom stereocenters. The van der Waals surface area contributed by atoms with Crippen LogP contribution < -0.4 is 4.74 Å². The Morgan fingerprint density at radius 3 is 2.88 bits per heavy atom. The van der Waals surface area contributed by atoms with E-state index in [0.29, 0.717) is 17.9 Å². The molecule has 0 saturated carbocycles. The summed E-state index contributed by atoms with van der Waals surface area (Å²) in [5.41, 5.74) is 0.683. The lowest BCUT2D eigenvalue weighted by atomic mass is 10.1. The zero-order chi connectivity index (χ0) is 12.0. The summed E-state index contributed by atoms with van der Waals surface area (Å²) in [6, 6.07) is 7.16. The topological polar surface area (TPSA) is 35.5 Å². The molecule has 1 rings (SSSR count). The van der Waals surface area contributed by atoms with Crippen LogP contribution in [-0.4, -0.2) is 19.7 Å². The van der Waals surface area contributed by atoms with E-state index in [2.05, 4.69) is 4.74 Å². The van der Waals surface area contributed by atoms with Crippen molar-refractivity contribution in [3.05, 3.63) is 29.8 Å². The summed E-state index contributed by atoms with van der Waals surface area (Å²) >= 11 is 5.93. The van der Waals surface area contributed by atoms with E-state index in [1.807, 2.05) is 13.0 Å². The molecular weight excluding hydrogens is 228 g/mol. The summed E-state index contributed by atoms with van der Waals surface area (Å²) in [5.74, 6) is 0.253. The zero-order valence-electron chi connectivity index (χ0n) is 9.40. The molecule has 1 aromatic carbocycles. The van der Waals surface area contributed by atoms with Crippen molar-refractivity contribution in [2.24, 2.45) is 0 Å². The van der Waals surface area contributed by atoms with Crippen molar-refractivity contribution in [3.8, 4) is 5.75 Å². The van der Waals surface area contributed by atoms with Gasteiger partial charge in [-0.2, -0.15) is 0 Å². The number of ether oxygens (including phenoxy) is 2. The first-order valence-corrected chi connectivity index (χ1v) is 5.57. The van der Waals surface area contributed by atoms with Crippen molar-refractivity contribution in [2.45, 2.75) is 18.7 Å². The number of rotatable bonds is 5. The number of carbonyl (C=O) groups excluding carboxylic acids is 1. The van der Waals surface area contributed by atoms with Gasteiger partial charge in [0.25, 0.3) is 0 Å². The molecule has 0 N–H and O–H groups in total. The maximum Gasteiger partial charge on any atom is 0.328 e. The van der Waals surface area contributed by atoms with Crippen LogP contribution in [0.25, 0.3) is 0 Å². The van der Waals surface area contributed by atoms with Crippen LogP contribution in [0, 0.1) is 0 Å². The van der Waals surface area contributed by atoms with Gasteiger partial charge in [0.2, 0.25) is 0 Å². The maximum absolute atomic E-state index is 11.2. The third-order valence-corrected chi connectivity index (χ3v) is 2.46. The van der Waals surface area contributed by atoms with Gasteiger partial charge in [0, 0.05) is 0 Å². The Morgan fingerprint density at radius 2 is 2.25 bits per heavy atom. The Morgan fingerprint density at radius 1 is 1.50 bits per heavy atom. The average molecular weight is 243 g/mol. The molecule has 0 aliphatic heterocycles. The Labute approximate surface area is 100 Å². The predicted octanol–water partition coefficient (Wildman–Crippen LogP) is 2.93. The minimum Gasteiger partial charge on any atom is -0.494 e. The summed E-state index contributed by atoms with van der Waals surface area (Å²) in [5, 5.41) is -0.782. The second-order valence-electron chi connectivity index (χ2n) is 3.31. The molecule has 0 spiro atoms. The van der Waals surface area contributed by atoms with Crippen LogP contribution in [0.4, 0.5) is 0 Å². The molecule has 0 fully saturated rings. The van der Waals surface area contributed by atoms with Crippen molar-refractivity contribution in [3.63, 3.8) is 0 Å². The zero-order valence-corrected chi connectivity index (χ0v) is 10.2. The van der Waals surface area contributed by atoms with Crippen LogP contribution in [0.5, 0.6) is 5.75 Å². The smallest absolute Gasteiger partial charge is 0.328 e. The van der Waals surface area contributed by atoms with Gasteiger partial charge in [-0.05, 0) is 24.1 Å². The second-order valence-corrected chi connectivity index (χ2v) is 3.74. The first-order valence-electron chi connectivity index (χ1n) is 5.13. The lowest BCUT2D eigenvalue weighted by Crippen LogP contribution is -2.08. The maximum atomic E-state index is 11.2. The number of hydrogen-bond acceptors (Lipinski definition) is 3. The SMILES string of the molecule is CCCOc1cccc(C(Cl)C(=O)OC)c1. The van der Waals surface area contributed by atoms with E-state index in [9.17, 15) is 4.79 Å². The van der Waals surface area contributed by atoms with E-state index in [0.717, 1.165) is 6.42 Å². The first-order chi connectivity index (χ1) is 7.69. The summed E-state index contributed by atoms with van der Waals surface area (Å²) in [6.07, 6.45) is 0.936. The van der Waals surface area contributed by atoms with E-state index >= 15 is 0 Å².